The Morgan fingerprint density at radius 2 is 1.62 bits per heavy atom. The van der Waals surface area contributed by atoms with Gasteiger partial charge in [-0.3, -0.25) is 0 Å². The zero-order valence-corrected chi connectivity index (χ0v) is 13.6. The second-order valence-corrected chi connectivity index (χ2v) is 5.30. The van der Waals surface area contributed by atoms with E-state index in [1.165, 1.54) is 0 Å². The molecule has 0 aliphatic heterocycles. The second-order valence-electron chi connectivity index (χ2n) is 5.30. The Hall–Kier alpha value is -1.26. The number of hydrogen-bond donors (Lipinski definition) is 1. The Bertz CT molecular complexity index is 404. The molecule has 1 N–H and O–H groups in total. The number of rotatable bonds is 10. The number of aliphatic hydroxyl groups excluding tert-OH is 1. The smallest absolute Gasteiger partial charge is 0.161 e. The molecular weight excluding hydrogens is 268 g/mol. The predicted octanol–water partition coefficient (Wildman–Crippen LogP) is 3.72. The van der Waals surface area contributed by atoms with Crippen LogP contribution in [0, 0.1) is 0 Å². The van der Waals surface area contributed by atoms with Gasteiger partial charge in [0.25, 0.3) is 0 Å². The molecule has 21 heavy (non-hydrogen) atoms. The molecule has 0 aromatic heterocycles. The summed E-state index contributed by atoms with van der Waals surface area (Å²) in [5.41, 5.74) is 0.783. The Morgan fingerprint density at radius 1 is 1.00 bits per heavy atom. The molecule has 0 radical (unpaired) electrons. The van der Waals surface area contributed by atoms with Gasteiger partial charge in [0.1, 0.15) is 6.10 Å². The molecular formula is C17H28O4. The van der Waals surface area contributed by atoms with Crippen LogP contribution in [0.2, 0.25) is 0 Å². The van der Waals surface area contributed by atoms with E-state index in [1.54, 1.807) is 0 Å². The molecule has 0 amide bonds. The van der Waals surface area contributed by atoms with Gasteiger partial charge in [-0.25, -0.2) is 0 Å². The van der Waals surface area contributed by atoms with Crippen LogP contribution in [0.25, 0.3) is 0 Å². The number of aliphatic hydroxyl groups is 1. The van der Waals surface area contributed by atoms with E-state index in [-0.39, 0.29) is 12.7 Å². The van der Waals surface area contributed by atoms with Gasteiger partial charge in [0.15, 0.2) is 11.5 Å². The Balaban J connectivity index is 2.81. The summed E-state index contributed by atoms with van der Waals surface area (Å²) in [7, 11) is 0. The fourth-order valence-electron chi connectivity index (χ4n) is 1.77. The topological polar surface area (TPSA) is 47.9 Å². The van der Waals surface area contributed by atoms with E-state index in [1.807, 2.05) is 32.0 Å². The zero-order chi connectivity index (χ0) is 15.7. The molecule has 0 aliphatic carbocycles. The van der Waals surface area contributed by atoms with Crippen LogP contribution in [0.1, 0.15) is 52.2 Å². The second kappa shape index (κ2) is 9.64. The van der Waals surface area contributed by atoms with Gasteiger partial charge in [-0.2, -0.15) is 0 Å². The van der Waals surface area contributed by atoms with Crippen LogP contribution in [0.4, 0.5) is 0 Å². The lowest BCUT2D eigenvalue weighted by Gasteiger charge is -2.17. The molecule has 1 aromatic carbocycles. The minimum absolute atomic E-state index is 0.0997. The summed E-state index contributed by atoms with van der Waals surface area (Å²) >= 11 is 0. The van der Waals surface area contributed by atoms with Gasteiger partial charge in [-0.15, -0.1) is 0 Å². The van der Waals surface area contributed by atoms with Gasteiger partial charge >= 0.3 is 0 Å². The Labute approximate surface area is 128 Å². The van der Waals surface area contributed by atoms with Crippen LogP contribution in [0.5, 0.6) is 11.5 Å². The first-order chi connectivity index (χ1) is 10.1. The third-order valence-corrected chi connectivity index (χ3v) is 2.86. The van der Waals surface area contributed by atoms with Crippen molar-refractivity contribution < 1.29 is 19.3 Å². The van der Waals surface area contributed by atoms with Gasteiger partial charge in [0.2, 0.25) is 0 Å². The third kappa shape index (κ3) is 6.36. The van der Waals surface area contributed by atoms with Gasteiger partial charge in [-0.1, -0.05) is 19.9 Å². The minimum Gasteiger partial charge on any atom is -0.490 e. The molecule has 4 heteroatoms. The standard InChI is InChI=1S/C17H28O4/c1-5-9-19-16-8-7-14(11-17(16)20-10-6-2)15(18)12-21-13(3)4/h7-8,11,13,15,18H,5-6,9-10,12H2,1-4H3. The predicted molar refractivity (Wildman–Crippen MR) is 84.1 cm³/mol. The summed E-state index contributed by atoms with van der Waals surface area (Å²) in [6, 6.07) is 5.56. The average Bonchev–Trinajstić information content (AvgIpc) is 2.48. The van der Waals surface area contributed by atoms with Crippen molar-refractivity contribution in [3.63, 3.8) is 0 Å². The molecule has 1 aromatic rings. The van der Waals surface area contributed by atoms with E-state index in [0.29, 0.717) is 19.0 Å². The van der Waals surface area contributed by atoms with E-state index in [2.05, 4.69) is 13.8 Å². The molecule has 0 saturated carbocycles. The Kier molecular flexibility index (Phi) is 8.16. The molecule has 0 spiro atoms. The normalized spacial score (nSPS) is 12.5. The average molecular weight is 296 g/mol. The van der Waals surface area contributed by atoms with Crippen molar-refractivity contribution in [3.05, 3.63) is 23.8 Å². The van der Waals surface area contributed by atoms with Crippen molar-refractivity contribution >= 4 is 0 Å². The summed E-state index contributed by atoms with van der Waals surface area (Å²) in [6.07, 6.45) is 1.32. The molecule has 1 rings (SSSR count). The first kappa shape index (κ1) is 17.8. The highest BCUT2D eigenvalue weighted by molar-refractivity contribution is 5.43. The van der Waals surface area contributed by atoms with E-state index in [0.717, 1.165) is 24.2 Å². The lowest BCUT2D eigenvalue weighted by molar-refractivity contribution is 0.00482. The minimum atomic E-state index is -0.656. The Morgan fingerprint density at radius 3 is 2.19 bits per heavy atom. The van der Waals surface area contributed by atoms with Crippen molar-refractivity contribution in [1.82, 2.24) is 0 Å². The fraction of sp³-hybridized carbons (Fsp3) is 0.647. The van der Waals surface area contributed by atoms with Crippen molar-refractivity contribution in [2.75, 3.05) is 19.8 Å². The maximum absolute atomic E-state index is 10.2. The molecule has 0 fully saturated rings. The summed E-state index contributed by atoms with van der Waals surface area (Å²) in [6.45, 7) is 9.58. The lowest BCUT2D eigenvalue weighted by Crippen LogP contribution is -2.12. The van der Waals surface area contributed by atoms with Gasteiger partial charge in [0, 0.05) is 0 Å². The van der Waals surface area contributed by atoms with E-state index < -0.39 is 6.10 Å². The molecule has 1 unspecified atom stereocenters. The highest BCUT2D eigenvalue weighted by atomic mass is 16.5. The molecule has 120 valence electrons. The van der Waals surface area contributed by atoms with Gasteiger partial charge < -0.3 is 19.3 Å². The van der Waals surface area contributed by atoms with Crippen LogP contribution in [0.15, 0.2) is 18.2 Å². The number of ether oxygens (including phenoxy) is 3. The van der Waals surface area contributed by atoms with Crippen molar-refractivity contribution in [3.8, 4) is 11.5 Å². The SMILES string of the molecule is CCCOc1ccc(C(O)COC(C)C)cc1OCCC. The summed E-state index contributed by atoms with van der Waals surface area (Å²) < 4.78 is 16.9. The van der Waals surface area contributed by atoms with E-state index in [4.69, 9.17) is 14.2 Å². The number of benzene rings is 1. The van der Waals surface area contributed by atoms with Gasteiger partial charge in [-0.05, 0) is 44.4 Å². The first-order valence-electron chi connectivity index (χ1n) is 7.77. The van der Waals surface area contributed by atoms with Crippen molar-refractivity contribution in [2.45, 2.75) is 52.7 Å². The molecule has 0 saturated heterocycles. The maximum Gasteiger partial charge on any atom is 0.161 e. The first-order valence-corrected chi connectivity index (χ1v) is 7.77. The summed E-state index contributed by atoms with van der Waals surface area (Å²) in [5, 5.41) is 10.2. The van der Waals surface area contributed by atoms with Crippen LogP contribution in [-0.4, -0.2) is 31.0 Å². The summed E-state index contributed by atoms with van der Waals surface area (Å²) in [4.78, 5) is 0. The molecule has 0 bridgehead atoms. The maximum atomic E-state index is 10.2. The highest BCUT2D eigenvalue weighted by Crippen LogP contribution is 2.31. The largest absolute Gasteiger partial charge is 0.490 e. The van der Waals surface area contributed by atoms with Crippen molar-refractivity contribution in [2.24, 2.45) is 0 Å². The lowest BCUT2D eigenvalue weighted by atomic mass is 10.1. The zero-order valence-electron chi connectivity index (χ0n) is 13.6. The highest BCUT2D eigenvalue weighted by Gasteiger charge is 2.13. The third-order valence-electron chi connectivity index (χ3n) is 2.86. The molecule has 0 heterocycles. The van der Waals surface area contributed by atoms with Crippen LogP contribution >= 0.6 is 0 Å². The monoisotopic (exact) mass is 296 g/mol. The van der Waals surface area contributed by atoms with Crippen LogP contribution in [-0.2, 0) is 4.74 Å². The van der Waals surface area contributed by atoms with Gasteiger partial charge in [0.05, 0.1) is 25.9 Å². The fourth-order valence-corrected chi connectivity index (χ4v) is 1.77. The molecule has 1 atom stereocenters. The van der Waals surface area contributed by atoms with Crippen LogP contribution in [0.3, 0.4) is 0 Å². The van der Waals surface area contributed by atoms with Crippen LogP contribution < -0.4 is 9.47 Å². The van der Waals surface area contributed by atoms with E-state index in [9.17, 15) is 5.11 Å². The number of hydrogen-bond acceptors (Lipinski definition) is 4. The van der Waals surface area contributed by atoms with Crippen molar-refractivity contribution in [1.29, 1.82) is 0 Å². The van der Waals surface area contributed by atoms with E-state index >= 15 is 0 Å². The molecule has 4 nitrogen and oxygen atoms in total. The quantitative estimate of drug-likeness (QED) is 0.715. The molecule has 0 aliphatic rings. The summed E-state index contributed by atoms with van der Waals surface area (Å²) in [5.74, 6) is 1.41.